The van der Waals surface area contributed by atoms with E-state index in [1.807, 2.05) is 0 Å². The monoisotopic (exact) mass is 290 g/mol. The summed E-state index contributed by atoms with van der Waals surface area (Å²) in [4.78, 5) is 2.60. The first-order valence-corrected chi connectivity index (χ1v) is 8.20. The SMILES string of the molecule is COCc1cccc(CN(CC2CCCNC2)C(C)C)c1. The smallest absolute Gasteiger partial charge is 0.0713 e. The number of nitrogens with one attached hydrogen (secondary N) is 1. The zero-order valence-electron chi connectivity index (χ0n) is 13.8. The molecule has 2 rings (SSSR count). The molecule has 0 amide bonds. The van der Waals surface area contributed by atoms with Gasteiger partial charge in [-0.25, -0.2) is 0 Å². The van der Waals surface area contributed by atoms with E-state index in [0.717, 1.165) is 12.5 Å². The van der Waals surface area contributed by atoms with E-state index in [1.165, 1.54) is 43.6 Å². The topological polar surface area (TPSA) is 24.5 Å². The minimum atomic E-state index is 0.581. The van der Waals surface area contributed by atoms with E-state index in [9.17, 15) is 0 Å². The maximum atomic E-state index is 5.23. The predicted molar refractivity (Wildman–Crippen MR) is 88.3 cm³/mol. The van der Waals surface area contributed by atoms with Gasteiger partial charge in [0, 0.05) is 26.2 Å². The second kappa shape index (κ2) is 8.52. The molecule has 1 saturated heterocycles. The summed E-state index contributed by atoms with van der Waals surface area (Å²) in [5.41, 5.74) is 2.65. The highest BCUT2D eigenvalue weighted by Gasteiger charge is 2.19. The Bertz CT molecular complexity index is 413. The number of methoxy groups -OCH3 is 1. The Morgan fingerprint density at radius 3 is 2.81 bits per heavy atom. The van der Waals surface area contributed by atoms with Crippen LogP contribution in [0.4, 0.5) is 0 Å². The van der Waals surface area contributed by atoms with E-state index in [0.29, 0.717) is 12.6 Å². The number of hydrogen-bond donors (Lipinski definition) is 1. The van der Waals surface area contributed by atoms with Gasteiger partial charge in [0.2, 0.25) is 0 Å². The molecule has 1 N–H and O–H groups in total. The lowest BCUT2D eigenvalue weighted by atomic mass is 9.98. The van der Waals surface area contributed by atoms with Crippen molar-refractivity contribution < 1.29 is 4.74 Å². The molecule has 3 heteroatoms. The summed E-state index contributed by atoms with van der Waals surface area (Å²) in [7, 11) is 1.75. The molecule has 21 heavy (non-hydrogen) atoms. The molecule has 1 atom stereocenters. The van der Waals surface area contributed by atoms with Crippen LogP contribution < -0.4 is 5.32 Å². The third-order valence-corrected chi connectivity index (χ3v) is 4.31. The van der Waals surface area contributed by atoms with Gasteiger partial charge in [-0.1, -0.05) is 24.3 Å². The van der Waals surface area contributed by atoms with Crippen LogP contribution in [0.5, 0.6) is 0 Å². The molecule has 0 radical (unpaired) electrons. The molecule has 0 saturated carbocycles. The first kappa shape index (κ1) is 16.5. The fraction of sp³-hybridized carbons (Fsp3) is 0.667. The third-order valence-electron chi connectivity index (χ3n) is 4.31. The number of hydrogen-bond acceptors (Lipinski definition) is 3. The minimum absolute atomic E-state index is 0.581. The Morgan fingerprint density at radius 2 is 2.14 bits per heavy atom. The van der Waals surface area contributed by atoms with Crippen LogP contribution in [0.2, 0.25) is 0 Å². The molecule has 1 aliphatic rings. The molecule has 1 aromatic carbocycles. The average molecular weight is 290 g/mol. The lowest BCUT2D eigenvalue weighted by Crippen LogP contribution is -2.40. The standard InChI is InChI=1S/C18H30N2O/c1-15(2)20(13-18-8-5-9-19-11-18)12-16-6-4-7-17(10-16)14-21-3/h4,6-7,10,15,18-19H,5,8-9,11-14H2,1-3H3. The summed E-state index contributed by atoms with van der Waals surface area (Å²) in [6.07, 6.45) is 2.68. The molecule has 0 aliphatic carbocycles. The largest absolute Gasteiger partial charge is 0.380 e. The first-order chi connectivity index (χ1) is 10.2. The van der Waals surface area contributed by atoms with Crippen LogP contribution in [0.1, 0.15) is 37.8 Å². The van der Waals surface area contributed by atoms with Gasteiger partial charge in [-0.2, -0.15) is 0 Å². The molecule has 0 spiro atoms. The Labute approximate surface area is 129 Å². The van der Waals surface area contributed by atoms with Crippen molar-refractivity contribution in [1.29, 1.82) is 0 Å². The van der Waals surface area contributed by atoms with Gasteiger partial charge in [-0.05, 0) is 56.8 Å². The van der Waals surface area contributed by atoms with Crippen LogP contribution in [-0.4, -0.2) is 37.7 Å². The van der Waals surface area contributed by atoms with Crippen LogP contribution in [0.25, 0.3) is 0 Å². The van der Waals surface area contributed by atoms with Gasteiger partial charge in [0.15, 0.2) is 0 Å². The van der Waals surface area contributed by atoms with Crippen molar-refractivity contribution in [2.45, 2.75) is 45.9 Å². The van der Waals surface area contributed by atoms with Gasteiger partial charge in [0.25, 0.3) is 0 Å². The number of benzene rings is 1. The second-order valence-corrected chi connectivity index (χ2v) is 6.49. The molecule has 0 aromatic heterocycles. The van der Waals surface area contributed by atoms with Gasteiger partial charge < -0.3 is 10.1 Å². The van der Waals surface area contributed by atoms with E-state index in [1.54, 1.807) is 7.11 Å². The lowest BCUT2D eigenvalue weighted by molar-refractivity contribution is 0.163. The first-order valence-electron chi connectivity index (χ1n) is 8.20. The van der Waals surface area contributed by atoms with Crippen LogP contribution in [-0.2, 0) is 17.9 Å². The highest BCUT2D eigenvalue weighted by molar-refractivity contribution is 5.23. The van der Waals surface area contributed by atoms with E-state index >= 15 is 0 Å². The predicted octanol–water partition coefficient (Wildman–Crippen LogP) is 3.04. The van der Waals surface area contributed by atoms with E-state index in [2.05, 4.69) is 48.3 Å². The Balaban J connectivity index is 1.96. The molecule has 1 fully saturated rings. The zero-order valence-corrected chi connectivity index (χ0v) is 13.8. The number of piperidine rings is 1. The van der Waals surface area contributed by atoms with Crippen molar-refractivity contribution in [2.24, 2.45) is 5.92 Å². The molecule has 1 heterocycles. The number of rotatable bonds is 7. The fourth-order valence-electron chi connectivity index (χ4n) is 3.09. The van der Waals surface area contributed by atoms with Gasteiger partial charge in [0.05, 0.1) is 6.61 Å². The second-order valence-electron chi connectivity index (χ2n) is 6.49. The highest BCUT2D eigenvalue weighted by atomic mass is 16.5. The average Bonchev–Trinajstić information content (AvgIpc) is 2.48. The molecule has 118 valence electrons. The maximum Gasteiger partial charge on any atom is 0.0713 e. The van der Waals surface area contributed by atoms with Crippen molar-refractivity contribution in [1.82, 2.24) is 10.2 Å². The molecule has 1 unspecified atom stereocenters. The van der Waals surface area contributed by atoms with Crippen LogP contribution in [0, 0.1) is 5.92 Å². The summed E-state index contributed by atoms with van der Waals surface area (Å²) >= 11 is 0. The van der Waals surface area contributed by atoms with Crippen molar-refractivity contribution >= 4 is 0 Å². The number of ether oxygens (including phenoxy) is 1. The molecule has 1 aliphatic heterocycles. The summed E-state index contributed by atoms with van der Waals surface area (Å²) < 4.78 is 5.23. The minimum Gasteiger partial charge on any atom is -0.380 e. The summed E-state index contributed by atoms with van der Waals surface area (Å²) in [6.45, 7) is 9.89. The van der Waals surface area contributed by atoms with E-state index < -0.39 is 0 Å². The van der Waals surface area contributed by atoms with Gasteiger partial charge in [0.1, 0.15) is 0 Å². The molecule has 3 nitrogen and oxygen atoms in total. The summed E-state index contributed by atoms with van der Waals surface area (Å²) in [5, 5.41) is 3.53. The Hall–Kier alpha value is -0.900. The quantitative estimate of drug-likeness (QED) is 0.835. The summed E-state index contributed by atoms with van der Waals surface area (Å²) in [5.74, 6) is 0.795. The van der Waals surface area contributed by atoms with E-state index in [-0.39, 0.29) is 0 Å². The van der Waals surface area contributed by atoms with Crippen molar-refractivity contribution in [3.05, 3.63) is 35.4 Å². The van der Waals surface area contributed by atoms with Crippen molar-refractivity contribution in [3.8, 4) is 0 Å². The Kier molecular flexibility index (Phi) is 6.68. The normalized spacial score (nSPS) is 19.4. The molecular formula is C18H30N2O. The van der Waals surface area contributed by atoms with Gasteiger partial charge in [-0.3, -0.25) is 4.90 Å². The molecular weight excluding hydrogens is 260 g/mol. The van der Waals surface area contributed by atoms with Gasteiger partial charge >= 0.3 is 0 Å². The zero-order chi connectivity index (χ0) is 15.1. The van der Waals surface area contributed by atoms with Gasteiger partial charge in [-0.15, -0.1) is 0 Å². The highest BCUT2D eigenvalue weighted by Crippen LogP contribution is 2.17. The molecule has 0 bridgehead atoms. The Morgan fingerprint density at radius 1 is 1.33 bits per heavy atom. The van der Waals surface area contributed by atoms with E-state index in [4.69, 9.17) is 4.74 Å². The number of nitrogens with zero attached hydrogens (tertiary/aromatic N) is 1. The fourth-order valence-corrected chi connectivity index (χ4v) is 3.09. The van der Waals surface area contributed by atoms with Crippen LogP contribution >= 0.6 is 0 Å². The molecule has 1 aromatic rings. The van der Waals surface area contributed by atoms with Crippen LogP contribution in [0.15, 0.2) is 24.3 Å². The maximum absolute atomic E-state index is 5.23. The lowest BCUT2D eigenvalue weighted by Gasteiger charge is -2.33. The third kappa shape index (κ3) is 5.42. The van der Waals surface area contributed by atoms with Crippen molar-refractivity contribution in [2.75, 3.05) is 26.7 Å². The van der Waals surface area contributed by atoms with Crippen LogP contribution in [0.3, 0.4) is 0 Å². The summed E-state index contributed by atoms with van der Waals surface area (Å²) in [6, 6.07) is 9.37. The van der Waals surface area contributed by atoms with Crippen molar-refractivity contribution in [3.63, 3.8) is 0 Å².